The first kappa shape index (κ1) is 21.2. The first-order chi connectivity index (χ1) is 13.2. The van der Waals surface area contributed by atoms with Gasteiger partial charge >= 0.3 is 5.97 Å². The number of rotatable bonds is 7. The van der Waals surface area contributed by atoms with E-state index in [1.165, 1.54) is 25.1 Å². The van der Waals surface area contributed by atoms with Crippen molar-refractivity contribution in [2.45, 2.75) is 26.9 Å². The van der Waals surface area contributed by atoms with Gasteiger partial charge in [-0.2, -0.15) is 0 Å². The van der Waals surface area contributed by atoms with E-state index < -0.39 is 29.5 Å². The Morgan fingerprint density at radius 3 is 2.43 bits per heavy atom. The average Bonchev–Trinajstić information content (AvgIpc) is 2.60. The zero-order valence-corrected chi connectivity index (χ0v) is 16.3. The molecule has 1 amide bonds. The number of carbonyl (C=O) groups is 2. The van der Waals surface area contributed by atoms with Gasteiger partial charge in [0.15, 0.2) is 12.7 Å². The van der Waals surface area contributed by atoms with Crippen molar-refractivity contribution in [1.82, 2.24) is 0 Å². The van der Waals surface area contributed by atoms with E-state index in [1.807, 2.05) is 0 Å². The molecular weight excluding hydrogens is 388 g/mol. The van der Waals surface area contributed by atoms with Crippen LogP contribution in [-0.4, -0.2) is 29.5 Å². The molecule has 0 spiro atoms. The summed E-state index contributed by atoms with van der Waals surface area (Å²) in [4.78, 5) is 34.5. The van der Waals surface area contributed by atoms with Crippen LogP contribution in [0, 0.1) is 24.0 Å². The van der Waals surface area contributed by atoms with Crippen LogP contribution in [0.4, 0.5) is 11.4 Å². The smallest absolute Gasteiger partial charge is 0.344 e. The Labute approximate surface area is 166 Å². The second kappa shape index (κ2) is 9.18. The molecule has 0 aliphatic carbocycles. The first-order valence-corrected chi connectivity index (χ1v) is 8.70. The van der Waals surface area contributed by atoms with Gasteiger partial charge in [0.25, 0.3) is 11.6 Å². The maximum Gasteiger partial charge on any atom is 0.344 e. The van der Waals surface area contributed by atoms with Gasteiger partial charge in [0, 0.05) is 11.1 Å². The van der Waals surface area contributed by atoms with Gasteiger partial charge in [0.05, 0.1) is 4.92 Å². The van der Waals surface area contributed by atoms with Gasteiger partial charge in [-0.25, -0.2) is 4.79 Å². The number of nitrogens with zero attached hydrogens (tertiary/aromatic N) is 1. The Hall–Kier alpha value is -3.13. The van der Waals surface area contributed by atoms with Crippen LogP contribution in [0.2, 0.25) is 5.02 Å². The highest BCUT2D eigenvalue weighted by atomic mass is 35.5. The summed E-state index contributed by atoms with van der Waals surface area (Å²) >= 11 is 5.95. The molecule has 0 radical (unpaired) electrons. The Bertz CT molecular complexity index is 892. The highest BCUT2D eigenvalue weighted by molar-refractivity contribution is 6.30. The molecule has 9 heteroatoms. The molecule has 0 saturated carbocycles. The summed E-state index contributed by atoms with van der Waals surface area (Å²) in [6.45, 7) is 4.55. The molecule has 0 saturated heterocycles. The maximum absolute atomic E-state index is 12.2. The standard InChI is InChI=1S/C19H19ClN2O6/c1-11-8-14(20)9-12(2)18(11)27-10-17(23)28-13(3)19(24)21-15-6-4-5-7-16(15)22(25)26/h4-9,13H,10H2,1-3H3,(H,21,24)/t13-/m1/s1. The fourth-order valence-corrected chi connectivity index (χ4v) is 2.84. The number of carbonyl (C=O) groups excluding carboxylic acids is 2. The molecule has 2 aromatic rings. The van der Waals surface area contributed by atoms with Crippen LogP contribution in [0.1, 0.15) is 18.1 Å². The minimum atomic E-state index is -1.16. The van der Waals surface area contributed by atoms with E-state index in [2.05, 4.69) is 5.32 Å². The van der Waals surface area contributed by atoms with Gasteiger partial charge in [-0.05, 0) is 50.1 Å². The van der Waals surface area contributed by atoms with E-state index in [4.69, 9.17) is 21.1 Å². The second-order valence-corrected chi connectivity index (χ2v) is 6.49. The van der Waals surface area contributed by atoms with Crippen LogP contribution >= 0.6 is 11.6 Å². The number of ether oxygens (including phenoxy) is 2. The molecule has 148 valence electrons. The van der Waals surface area contributed by atoms with Crippen LogP contribution < -0.4 is 10.1 Å². The summed E-state index contributed by atoms with van der Waals surface area (Å²) in [6, 6.07) is 9.09. The number of halogens is 1. The van der Waals surface area contributed by atoms with Crippen LogP contribution in [-0.2, 0) is 14.3 Å². The van der Waals surface area contributed by atoms with Crippen molar-refractivity contribution in [1.29, 1.82) is 0 Å². The largest absolute Gasteiger partial charge is 0.481 e. The molecule has 2 aromatic carbocycles. The third-order valence-electron chi connectivity index (χ3n) is 3.80. The summed E-state index contributed by atoms with van der Waals surface area (Å²) in [5, 5.41) is 13.9. The molecule has 0 bridgehead atoms. The maximum atomic E-state index is 12.2. The van der Waals surface area contributed by atoms with Crippen LogP contribution in [0.25, 0.3) is 0 Å². The number of esters is 1. The normalized spacial score (nSPS) is 11.4. The quantitative estimate of drug-likeness (QED) is 0.425. The SMILES string of the molecule is Cc1cc(Cl)cc(C)c1OCC(=O)O[C@H](C)C(=O)Nc1ccccc1[N+](=O)[O-]. The zero-order valence-electron chi connectivity index (χ0n) is 15.5. The lowest BCUT2D eigenvalue weighted by Gasteiger charge is -2.15. The lowest BCUT2D eigenvalue weighted by atomic mass is 10.1. The Morgan fingerprint density at radius 2 is 1.82 bits per heavy atom. The molecule has 0 fully saturated rings. The van der Waals surface area contributed by atoms with Gasteiger partial charge in [-0.1, -0.05) is 23.7 Å². The number of anilines is 1. The molecule has 28 heavy (non-hydrogen) atoms. The topological polar surface area (TPSA) is 108 Å². The van der Waals surface area contributed by atoms with Crippen LogP contribution in [0.3, 0.4) is 0 Å². The van der Waals surface area contributed by atoms with Gasteiger partial charge in [-0.3, -0.25) is 14.9 Å². The number of hydrogen-bond acceptors (Lipinski definition) is 6. The van der Waals surface area contributed by atoms with Gasteiger partial charge < -0.3 is 14.8 Å². The monoisotopic (exact) mass is 406 g/mol. The van der Waals surface area contributed by atoms with Gasteiger partial charge in [0.2, 0.25) is 0 Å². The number of nitro benzene ring substituents is 1. The molecule has 8 nitrogen and oxygen atoms in total. The van der Waals surface area contributed by atoms with Gasteiger partial charge in [0.1, 0.15) is 11.4 Å². The molecular formula is C19H19ClN2O6. The minimum Gasteiger partial charge on any atom is -0.481 e. The number of aryl methyl sites for hydroxylation is 2. The summed E-state index contributed by atoms with van der Waals surface area (Å²) in [5.74, 6) is -0.932. The van der Waals surface area contributed by atoms with Crippen molar-refractivity contribution < 1.29 is 24.0 Å². The van der Waals surface area contributed by atoms with Crippen molar-refractivity contribution in [2.75, 3.05) is 11.9 Å². The summed E-state index contributed by atoms with van der Waals surface area (Å²) in [7, 11) is 0. The Balaban J connectivity index is 1.94. The number of nitrogens with one attached hydrogen (secondary N) is 1. The highest BCUT2D eigenvalue weighted by Crippen LogP contribution is 2.27. The fourth-order valence-electron chi connectivity index (χ4n) is 2.51. The van der Waals surface area contributed by atoms with Crippen LogP contribution in [0.15, 0.2) is 36.4 Å². The summed E-state index contributed by atoms with van der Waals surface area (Å²) in [5.41, 5.74) is 1.29. The molecule has 0 aliphatic heterocycles. The van der Waals surface area contributed by atoms with E-state index in [0.717, 1.165) is 11.1 Å². The first-order valence-electron chi connectivity index (χ1n) is 8.32. The lowest BCUT2D eigenvalue weighted by Crippen LogP contribution is -2.32. The third kappa shape index (κ3) is 5.43. The summed E-state index contributed by atoms with van der Waals surface area (Å²) < 4.78 is 10.5. The zero-order chi connectivity index (χ0) is 20.8. The number of amides is 1. The van der Waals surface area contributed by atoms with E-state index in [0.29, 0.717) is 10.8 Å². The second-order valence-electron chi connectivity index (χ2n) is 6.05. The molecule has 2 rings (SSSR count). The molecule has 0 aliphatic rings. The molecule has 0 aromatic heterocycles. The predicted molar refractivity (Wildman–Crippen MR) is 104 cm³/mol. The van der Waals surface area contributed by atoms with Crippen molar-refractivity contribution in [3.63, 3.8) is 0 Å². The number of benzene rings is 2. The van der Waals surface area contributed by atoms with E-state index in [9.17, 15) is 19.7 Å². The Kier molecular flexibility index (Phi) is 6.94. The van der Waals surface area contributed by atoms with Crippen molar-refractivity contribution in [3.8, 4) is 5.75 Å². The average molecular weight is 407 g/mol. The van der Waals surface area contributed by atoms with E-state index >= 15 is 0 Å². The Morgan fingerprint density at radius 1 is 1.21 bits per heavy atom. The summed E-state index contributed by atoms with van der Waals surface area (Å²) in [6.07, 6.45) is -1.16. The fraction of sp³-hybridized carbons (Fsp3) is 0.263. The van der Waals surface area contributed by atoms with Crippen molar-refractivity contribution in [2.24, 2.45) is 0 Å². The van der Waals surface area contributed by atoms with Crippen LogP contribution in [0.5, 0.6) is 5.75 Å². The number of para-hydroxylation sites is 2. The predicted octanol–water partition coefficient (Wildman–Crippen LogP) is 3.81. The number of nitro groups is 1. The molecule has 1 atom stereocenters. The molecule has 0 heterocycles. The van der Waals surface area contributed by atoms with E-state index in [1.54, 1.807) is 32.0 Å². The van der Waals surface area contributed by atoms with E-state index in [-0.39, 0.29) is 11.4 Å². The van der Waals surface area contributed by atoms with Crippen molar-refractivity contribution in [3.05, 3.63) is 62.7 Å². The van der Waals surface area contributed by atoms with Crippen molar-refractivity contribution >= 4 is 34.9 Å². The minimum absolute atomic E-state index is 0.0177. The lowest BCUT2D eigenvalue weighted by molar-refractivity contribution is -0.383. The molecule has 1 N–H and O–H groups in total. The molecule has 0 unspecified atom stereocenters. The number of hydrogen-bond donors (Lipinski definition) is 1. The highest BCUT2D eigenvalue weighted by Gasteiger charge is 2.22. The van der Waals surface area contributed by atoms with Gasteiger partial charge in [-0.15, -0.1) is 0 Å². The third-order valence-corrected chi connectivity index (χ3v) is 4.01.